The first kappa shape index (κ1) is 27.6. The average molecular weight is 535 g/mol. The summed E-state index contributed by atoms with van der Waals surface area (Å²) in [6, 6.07) is 11.7. The van der Waals surface area contributed by atoms with Gasteiger partial charge in [0.1, 0.15) is 0 Å². The molecule has 0 radical (unpaired) electrons. The lowest BCUT2D eigenvalue weighted by molar-refractivity contribution is 0.0163. The van der Waals surface area contributed by atoms with Crippen molar-refractivity contribution in [3.8, 4) is 11.1 Å². The highest BCUT2D eigenvalue weighted by Gasteiger charge is 2.21. The van der Waals surface area contributed by atoms with Crippen LogP contribution in [0.25, 0.3) is 11.1 Å². The van der Waals surface area contributed by atoms with Gasteiger partial charge in [-0.05, 0) is 80.1 Å². The summed E-state index contributed by atoms with van der Waals surface area (Å²) in [5.74, 6) is 5.08. The number of nitrogens with one attached hydrogen (secondary N) is 4. The number of aryl methyl sites for hydroxylation is 3. The first-order valence-electron chi connectivity index (χ1n) is 12.6. The third kappa shape index (κ3) is 6.33. The number of aromatic amines is 1. The zero-order valence-electron chi connectivity index (χ0n) is 21.9. The van der Waals surface area contributed by atoms with Crippen LogP contribution in [0.1, 0.15) is 64.0 Å². The van der Waals surface area contributed by atoms with E-state index in [1.807, 2.05) is 51.1 Å². The van der Waals surface area contributed by atoms with Crippen molar-refractivity contribution in [2.24, 2.45) is 5.84 Å². The lowest BCUT2D eigenvalue weighted by atomic mass is 9.96. The number of benzene rings is 2. The fraction of sp³-hybridized carbons (Fsp3) is 0.321. The van der Waals surface area contributed by atoms with E-state index >= 15 is 0 Å². The number of hydrogen-bond donors (Lipinski definition) is 6. The molecule has 1 aliphatic rings. The molecule has 0 atom stereocenters. The Morgan fingerprint density at radius 3 is 2.55 bits per heavy atom. The Morgan fingerprint density at radius 1 is 1.16 bits per heavy atom. The van der Waals surface area contributed by atoms with E-state index in [0.717, 1.165) is 76.2 Å². The van der Waals surface area contributed by atoms with Crippen LogP contribution < -0.4 is 22.0 Å². The molecule has 38 heavy (non-hydrogen) atoms. The first-order valence-corrected chi connectivity index (χ1v) is 13.4. The molecule has 4 rings (SSSR count). The van der Waals surface area contributed by atoms with Gasteiger partial charge in [0, 0.05) is 58.2 Å². The molecule has 10 heteroatoms. The van der Waals surface area contributed by atoms with E-state index in [1.165, 1.54) is 6.21 Å². The van der Waals surface area contributed by atoms with Crippen LogP contribution in [0.2, 0.25) is 0 Å². The monoisotopic (exact) mass is 534 g/mol. The van der Waals surface area contributed by atoms with Crippen LogP contribution in [0, 0.1) is 26.2 Å². The largest absolute Gasteiger partial charge is 0.382 e. The summed E-state index contributed by atoms with van der Waals surface area (Å²) in [6.45, 7) is 5.66. The molecule has 0 bridgehead atoms. The second-order valence-corrected chi connectivity index (χ2v) is 10.8. The van der Waals surface area contributed by atoms with Crippen molar-refractivity contribution in [2.45, 2.75) is 63.9 Å². The van der Waals surface area contributed by atoms with Crippen molar-refractivity contribution in [1.29, 1.82) is 5.41 Å². The Labute approximate surface area is 226 Å². The lowest BCUT2D eigenvalue weighted by Gasteiger charge is -2.20. The maximum Gasteiger partial charge on any atom is 0.253 e. The fourth-order valence-corrected chi connectivity index (χ4v) is 5.51. The van der Waals surface area contributed by atoms with Crippen molar-refractivity contribution in [2.75, 3.05) is 5.32 Å². The second-order valence-electron chi connectivity index (χ2n) is 9.75. The molecule has 0 unspecified atom stereocenters. The van der Waals surface area contributed by atoms with Crippen LogP contribution >= 0.6 is 11.9 Å². The lowest BCUT2D eigenvalue weighted by Crippen LogP contribution is -2.29. The van der Waals surface area contributed by atoms with Gasteiger partial charge in [0.15, 0.2) is 0 Å². The molecule has 1 aliphatic carbocycles. The number of H-pyrrole nitrogens is 1. The van der Waals surface area contributed by atoms with Gasteiger partial charge < -0.3 is 21.0 Å². The van der Waals surface area contributed by atoms with Crippen molar-refractivity contribution in [3.05, 3.63) is 80.3 Å². The van der Waals surface area contributed by atoms with Gasteiger partial charge in [-0.25, -0.2) is 5.84 Å². The maximum absolute atomic E-state index is 13.5. The zero-order valence-corrected chi connectivity index (χ0v) is 22.7. The summed E-state index contributed by atoms with van der Waals surface area (Å²) >= 11 is 0.995. The summed E-state index contributed by atoms with van der Waals surface area (Å²) in [5, 5.41) is 24.1. The Kier molecular flexibility index (Phi) is 8.68. The molecule has 2 aromatic carbocycles. The Bertz CT molecular complexity index is 1410. The average Bonchev–Trinajstić information content (AvgIpc) is 3.37. The summed E-state index contributed by atoms with van der Waals surface area (Å²) < 4.78 is 0.560. The molecule has 9 nitrogen and oxygen atoms in total. The predicted octanol–water partition coefficient (Wildman–Crippen LogP) is 4.82. The van der Waals surface area contributed by atoms with Crippen LogP contribution in [-0.4, -0.2) is 32.9 Å². The van der Waals surface area contributed by atoms with E-state index in [4.69, 9.17) is 11.3 Å². The highest BCUT2D eigenvalue weighted by Crippen LogP contribution is 2.34. The van der Waals surface area contributed by atoms with Crippen molar-refractivity contribution in [1.82, 2.24) is 14.9 Å². The topological polar surface area (TPSA) is 147 Å². The van der Waals surface area contributed by atoms with E-state index < -0.39 is 0 Å². The van der Waals surface area contributed by atoms with E-state index in [-0.39, 0.29) is 24.1 Å². The number of rotatable bonds is 9. The fourth-order valence-electron chi connectivity index (χ4n) is 4.92. The molecular formula is C28H34N6O3S. The first-order chi connectivity index (χ1) is 18.2. The highest BCUT2D eigenvalue weighted by molar-refractivity contribution is 7.96. The number of carbonyl (C=O) groups excluding carboxylic acids is 1. The molecule has 1 heterocycles. The molecule has 1 amide bonds. The molecule has 0 spiro atoms. The quantitative estimate of drug-likeness (QED) is 0.0998. The van der Waals surface area contributed by atoms with Crippen LogP contribution in [0.3, 0.4) is 0 Å². The van der Waals surface area contributed by atoms with Crippen molar-refractivity contribution < 1.29 is 10.0 Å². The predicted molar refractivity (Wildman–Crippen MR) is 152 cm³/mol. The molecular weight excluding hydrogens is 500 g/mol. The van der Waals surface area contributed by atoms with Crippen LogP contribution in [-0.2, 0) is 6.54 Å². The Morgan fingerprint density at radius 2 is 1.89 bits per heavy atom. The Hall–Kier alpha value is -3.44. The molecule has 7 N–H and O–H groups in total. The molecule has 0 saturated heterocycles. The molecule has 0 aliphatic heterocycles. The summed E-state index contributed by atoms with van der Waals surface area (Å²) in [5.41, 5.74) is 5.97. The highest BCUT2D eigenvalue weighted by atomic mass is 32.2. The number of aromatic nitrogens is 1. The minimum atomic E-state index is -0.371. The van der Waals surface area contributed by atoms with E-state index in [2.05, 4.69) is 15.6 Å². The van der Waals surface area contributed by atoms with Gasteiger partial charge in [0.25, 0.3) is 11.5 Å². The van der Waals surface area contributed by atoms with Crippen LogP contribution in [0.15, 0.2) is 46.1 Å². The SMILES string of the molecule is Cc1cc(C)c(CNC(=O)c2cc(-c3ccc(C)c(SN(N)O)c3)cc(NC3CCCC3)c2C=N)c(=O)[nH]1. The van der Waals surface area contributed by atoms with Gasteiger partial charge >= 0.3 is 0 Å². The second kappa shape index (κ2) is 12.0. The van der Waals surface area contributed by atoms with E-state index in [1.54, 1.807) is 6.07 Å². The maximum atomic E-state index is 13.5. The third-order valence-electron chi connectivity index (χ3n) is 6.92. The minimum Gasteiger partial charge on any atom is -0.382 e. The Balaban J connectivity index is 1.74. The summed E-state index contributed by atoms with van der Waals surface area (Å²) in [7, 11) is 0. The number of amides is 1. The van der Waals surface area contributed by atoms with Gasteiger partial charge in [-0.15, -0.1) is 0 Å². The number of carbonyl (C=O) groups is 1. The van der Waals surface area contributed by atoms with Gasteiger partial charge in [-0.3, -0.25) is 14.8 Å². The van der Waals surface area contributed by atoms with Crippen molar-refractivity contribution >= 4 is 29.8 Å². The number of nitrogens with two attached hydrogens (primary N) is 1. The normalized spacial score (nSPS) is 13.6. The molecule has 200 valence electrons. The number of anilines is 1. The number of nitrogens with zero attached hydrogens (tertiary/aromatic N) is 1. The molecule has 1 aromatic heterocycles. The smallest absolute Gasteiger partial charge is 0.253 e. The van der Waals surface area contributed by atoms with Gasteiger partial charge in [-0.1, -0.05) is 29.6 Å². The number of hydrogen-bond acceptors (Lipinski definition) is 8. The molecule has 1 fully saturated rings. The minimum absolute atomic E-state index is 0.0709. The van der Waals surface area contributed by atoms with E-state index in [9.17, 15) is 14.8 Å². The van der Waals surface area contributed by atoms with Gasteiger partial charge in [0.05, 0.1) is 5.56 Å². The summed E-state index contributed by atoms with van der Waals surface area (Å²) in [6.07, 6.45) is 5.56. The molecule has 1 saturated carbocycles. The summed E-state index contributed by atoms with van der Waals surface area (Å²) in [4.78, 5) is 29.5. The van der Waals surface area contributed by atoms with E-state index in [0.29, 0.717) is 21.3 Å². The molecule has 3 aromatic rings. The van der Waals surface area contributed by atoms with Crippen LogP contribution in [0.4, 0.5) is 5.69 Å². The van der Waals surface area contributed by atoms with Gasteiger partial charge in [0.2, 0.25) is 0 Å². The third-order valence-corrected chi connectivity index (χ3v) is 7.74. The number of pyridine rings is 1. The standard InChI is InChI=1S/C28H34N6O3S/c1-16-8-9-19(13-26(16)38-34(30)37)20-11-22(23(14-29)25(12-20)33-21-6-4-5-7-21)27(35)31-15-24-17(2)10-18(3)32-28(24)36/h8-14,21,29,33,37H,4-7,15,30H2,1-3H3,(H,31,35)(H,32,36). The number of hydrazine groups is 1. The van der Waals surface area contributed by atoms with Crippen LogP contribution in [0.5, 0.6) is 0 Å². The van der Waals surface area contributed by atoms with Gasteiger partial charge in [-0.2, -0.15) is 0 Å². The van der Waals surface area contributed by atoms with Crippen molar-refractivity contribution in [3.63, 3.8) is 0 Å². The zero-order chi connectivity index (χ0) is 27.4.